The summed E-state index contributed by atoms with van der Waals surface area (Å²) in [5.41, 5.74) is 0. The molecule has 0 fully saturated rings. The van der Waals surface area contributed by atoms with Gasteiger partial charge in [0, 0.05) is 13.5 Å². The normalized spacial score (nSPS) is 11.4. The number of rotatable bonds is 3. The number of hydrogen-bond acceptors (Lipinski definition) is 2. The third-order valence-electron chi connectivity index (χ3n) is 1.02. The summed E-state index contributed by atoms with van der Waals surface area (Å²) in [5.74, 6) is 4.25. The van der Waals surface area contributed by atoms with Crippen molar-refractivity contribution in [1.29, 1.82) is 0 Å². The minimum atomic E-state index is -0.967. The molecule has 0 radical (unpaired) electrons. The van der Waals surface area contributed by atoms with Crippen molar-refractivity contribution in [3.05, 3.63) is 0 Å². The second-order valence-electron chi connectivity index (χ2n) is 1.69. The van der Waals surface area contributed by atoms with E-state index in [4.69, 9.17) is 5.11 Å². The molecule has 1 atom stereocenters. The van der Waals surface area contributed by atoms with Crippen molar-refractivity contribution in [2.24, 2.45) is 0 Å². The summed E-state index contributed by atoms with van der Waals surface area (Å²) in [4.78, 5) is 10.2. The number of carbonyl (C=O) groups is 1. The van der Waals surface area contributed by atoms with Gasteiger partial charge in [-0.25, -0.2) is 4.79 Å². The Bertz CT molecular complexity index is 163. The first-order valence-corrected chi connectivity index (χ1v) is 2.87. The SMILES string of the molecule is CC#CCC(OC)C(=O)O. The van der Waals surface area contributed by atoms with Crippen LogP contribution in [0.2, 0.25) is 0 Å². The largest absolute Gasteiger partial charge is 0.479 e. The van der Waals surface area contributed by atoms with Crippen molar-refractivity contribution in [2.45, 2.75) is 19.4 Å². The molecule has 1 N–H and O–H groups in total. The molecule has 3 nitrogen and oxygen atoms in total. The molecule has 0 saturated heterocycles. The number of hydrogen-bond donors (Lipinski definition) is 1. The van der Waals surface area contributed by atoms with Gasteiger partial charge in [-0.3, -0.25) is 0 Å². The van der Waals surface area contributed by atoms with Crippen LogP contribution in [0.5, 0.6) is 0 Å². The van der Waals surface area contributed by atoms with Gasteiger partial charge in [0.2, 0.25) is 0 Å². The van der Waals surface area contributed by atoms with Gasteiger partial charge in [0.15, 0.2) is 6.10 Å². The molecule has 0 aliphatic carbocycles. The molecule has 0 rings (SSSR count). The Morgan fingerprint density at radius 2 is 2.40 bits per heavy atom. The number of carboxylic acid groups (broad SMARTS) is 1. The minimum absolute atomic E-state index is 0.252. The zero-order valence-corrected chi connectivity index (χ0v) is 6.05. The molecular weight excluding hydrogens is 132 g/mol. The number of ether oxygens (including phenoxy) is 1. The molecule has 10 heavy (non-hydrogen) atoms. The summed E-state index contributed by atoms with van der Waals surface area (Å²) < 4.78 is 4.61. The van der Waals surface area contributed by atoms with E-state index in [0.29, 0.717) is 0 Å². The molecule has 1 unspecified atom stereocenters. The van der Waals surface area contributed by atoms with Crippen LogP contribution in [0.15, 0.2) is 0 Å². The lowest BCUT2D eigenvalue weighted by Gasteiger charge is -2.04. The van der Waals surface area contributed by atoms with Gasteiger partial charge in [0.25, 0.3) is 0 Å². The van der Waals surface area contributed by atoms with E-state index in [1.807, 2.05) is 0 Å². The van der Waals surface area contributed by atoms with E-state index < -0.39 is 12.1 Å². The number of carboxylic acids is 1. The van der Waals surface area contributed by atoms with Gasteiger partial charge in [0.1, 0.15) is 0 Å². The fourth-order valence-corrected chi connectivity index (χ4v) is 0.466. The molecule has 0 amide bonds. The van der Waals surface area contributed by atoms with Gasteiger partial charge in [-0.15, -0.1) is 11.8 Å². The first kappa shape index (κ1) is 8.99. The maximum Gasteiger partial charge on any atom is 0.333 e. The Morgan fingerprint density at radius 1 is 1.80 bits per heavy atom. The van der Waals surface area contributed by atoms with E-state index in [-0.39, 0.29) is 6.42 Å². The average molecular weight is 142 g/mol. The Morgan fingerprint density at radius 3 is 2.70 bits per heavy atom. The van der Waals surface area contributed by atoms with Crippen molar-refractivity contribution in [1.82, 2.24) is 0 Å². The lowest BCUT2D eigenvalue weighted by molar-refractivity contribution is -0.148. The molecule has 0 aliphatic rings. The van der Waals surface area contributed by atoms with E-state index in [0.717, 1.165) is 0 Å². The van der Waals surface area contributed by atoms with E-state index in [1.54, 1.807) is 6.92 Å². The highest BCUT2D eigenvalue weighted by Crippen LogP contribution is 1.94. The van der Waals surface area contributed by atoms with Crippen molar-refractivity contribution in [2.75, 3.05) is 7.11 Å². The van der Waals surface area contributed by atoms with Gasteiger partial charge >= 0.3 is 5.97 Å². The Balaban J connectivity index is 3.79. The first-order valence-electron chi connectivity index (χ1n) is 2.87. The fraction of sp³-hybridized carbons (Fsp3) is 0.571. The predicted molar refractivity (Wildman–Crippen MR) is 36.5 cm³/mol. The standard InChI is InChI=1S/C7H10O3/c1-3-4-5-6(10-2)7(8)9/h6H,5H2,1-2H3,(H,8,9). The molecule has 0 aromatic heterocycles. The molecule has 56 valence electrons. The van der Waals surface area contributed by atoms with Crippen LogP contribution in [0.1, 0.15) is 13.3 Å². The second kappa shape index (κ2) is 4.83. The number of methoxy groups -OCH3 is 1. The highest BCUT2D eigenvalue weighted by molar-refractivity contribution is 5.72. The topological polar surface area (TPSA) is 46.5 Å². The van der Waals surface area contributed by atoms with Crippen LogP contribution in [0, 0.1) is 11.8 Å². The monoisotopic (exact) mass is 142 g/mol. The molecule has 3 heteroatoms. The summed E-state index contributed by atoms with van der Waals surface area (Å²) in [6.45, 7) is 1.66. The summed E-state index contributed by atoms with van der Waals surface area (Å²) in [5, 5.41) is 8.41. The first-order chi connectivity index (χ1) is 4.72. The Kier molecular flexibility index (Phi) is 4.34. The third kappa shape index (κ3) is 3.10. The summed E-state index contributed by atoms with van der Waals surface area (Å²) in [7, 11) is 1.36. The van der Waals surface area contributed by atoms with E-state index in [1.165, 1.54) is 7.11 Å². The summed E-state index contributed by atoms with van der Waals surface area (Å²) in [6.07, 6.45) is -0.532. The van der Waals surface area contributed by atoms with Crippen LogP contribution in [0.25, 0.3) is 0 Å². The maximum atomic E-state index is 10.2. The minimum Gasteiger partial charge on any atom is -0.479 e. The summed E-state index contributed by atoms with van der Waals surface area (Å²) in [6, 6.07) is 0. The molecule has 0 aromatic rings. The molecule has 0 aliphatic heterocycles. The maximum absolute atomic E-state index is 10.2. The molecule has 0 aromatic carbocycles. The Hall–Kier alpha value is -1.01. The van der Waals surface area contributed by atoms with Gasteiger partial charge in [-0.05, 0) is 6.92 Å². The van der Waals surface area contributed by atoms with Gasteiger partial charge in [-0.2, -0.15) is 0 Å². The number of aliphatic carboxylic acids is 1. The molecule has 0 bridgehead atoms. The van der Waals surface area contributed by atoms with Crippen molar-refractivity contribution in [3.8, 4) is 11.8 Å². The average Bonchev–Trinajstić information content (AvgIpc) is 1.89. The summed E-state index contributed by atoms with van der Waals surface area (Å²) >= 11 is 0. The lowest BCUT2D eigenvalue weighted by atomic mass is 10.2. The lowest BCUT2D eigenvalue weighted by Crippen LogP contribution is -2.21. The third-order valence-corrected chi connectivity index (χ3v) is 1.02. The van der Waals surface area contributed by atoms with Crippen LogP contribution < -0.4 is 0 Å². The van der Waals surface area contributed by atoms with Crippen molar-refractivity contribution >= 4 is 5.97 Å². The molecule has 0 spiro atoms. The highest BCUT2D eigenvalue weighted by atomic mass is 16.5. The fourth-order valence-electron chi connectivity index (χ4n) is 0.466. The van der Waals surface area contributed by atoms with Crippen LogP contribution in [-0.4, -0.2) is 24.3 Å². The van der Waals surface area contributed by atoms with Gasteiger partial charge in [0.05, 0.1) is 0 Å². The Labute approximate surface area is 60.0 Å². The molecule has 0 saturated carbocycles. The zero-order valence-electron chi connectivity index (χ0n) is 6.05. The van der Waals surface area contributed by atoms with Crippen LogP contribution >= 0.6 is 0 Å². The molecule has 0 heterocycles. The van der Waals surface area contributed by atoms with Gasteiger partial charge in [-0.1, -0.05) is 0 Å². The second-order valence-corrected chi connectivity index (χ2v) is 1.69. The van der Waals surface area contributed by atoms with E-state index in [2.05, 4.69) is 16.6 Å². The zero-order chi connectivity index (χ0) is 7.98. The van der Waals surface area contributed by atoms with Crippen molar-refractivity contribution < 1.29 is 14.6 Å². The quantitative estimate of drug-likeness (QED) is 0.583. The highest BCUT2D eigenvalue weighted by Gasteiger charge is 2.13. The van der Waals surface area contributed by atoms with Crippen LogP contribution in [0.4, 0.5) is 0 Å². The smallest absolute Gasteiger partial charge is 0.333 e. The van der Waals surface area contributed by atoms with Gasteiger partial charge < -0.3 is 9.84 Å². The van der Waals surface area contributed by atoms with Crippen LogP contribution in [0.3, 0.4) is 0 Å². The van der Waals surface area contributed by atoms with E-state index >= 15 is 0 Å². The van der Waals surface area contributed by atoms with Crippen LogP contribution in [-0.2, 0) is 9.53 Å². The predicted octanol–water partition coefficient (Wildman–Crippen LogP) is 0.499. The molecular formula is C7H10O3. The van der Waals surface area contributed by atoms with Crippen molar-refractivity contribution in [3.63, 3.8) is 0 Å². The van der Waals surface area contributed by atoms with E-state index in [9.17, 15) is 4.79 Å².